The number of nitrogens with one attached hydrogen (secondary N) is 2. The number of unbranched alkanes of at least 4 members (excludes halogenated alkanes) is 1. The van der Waals surface area contributed by atoms with Crippen molar-refractivity contribution in [3.05, 3.63) is 129 Å². The van der Waals surface area contributed by atoms with E-state index in [-0.39, 0.29) is 38.8 Å². The third-order valence-corrected chi connectivity index (χ3v) is 11.3. The van der Waals surface area contributed by atoms with Crippen molar-refractivity contribution in [3.8, 4) is 16.9 Å². The fourth-order valence-corrected chi connectivity index (χ4v) is 8.49. The van der Waals surface area contributed by atoms with E-state index in [9.17, 15) is 29.7 Å². The van der Waals surface area contributed by atoms with Gasteiger partial charge in [0.2, 0.25) is 5.56 Å². The SMILES string of the molecule is F.F.O=C(O)N(c1cc(CCCCn2c(=O)oc3cc(CNC[C@H](O)c4ccc(O)c5[nH]c(=O)ccc45)ccc32)ccc1-c1ccccc1)[C@H]1CN2CCC1CC2. The second-order valence-electron chi connectivity index (χ2n) is 14.8. The Balaban J connectivity index is 0.00000275. The summed E-state index contributed by atoms with van der Waals surface area (Å²) in [4.78, 5) is 44.3. The number of hydrogen-bond acceptors (Lipinski definition) is 8. The molecule has 0 aliphatic carbocycles. The van der Waals surface area contributed by atoms with Crippen molar-refractivity contribution in [1.29, 1.82) is 0 Å². The summed E-state index contributed by atoms with van der Waals surface area (Å²) in [5, 5.41) is 35.5. The van der Waals surface area contributed by atoms with Gasteiger partial charge in [-0.1, -0.05) is 54.6 Å². The molecule has 4 aromatic carbocycles. The molecule has 0 saturated carbocycles. The molecule has 3 aliphatic heterocycles. The lowest BCUT2D eigenvalue weighted by atomic mass is 9.82. The molecule has 300 valence electrons. The predicted octanol–water partition coefficient (Wildman–Crippen LogP) is 6.54. The van der Waals surface area contributed by atoms with Crippen molar-refractivity contribution in [2.75, 3.05) is 31.1 Å². The molecule has 2 bridgehead atoms. The summed E-state index contributed by atoms with van der Waals surface area (Å²) >= 11 is 0. The van der Waals surface area contributed by atoms with Gasteiger partial charge in [0.1, 0.15) is 5.75 Å². The number of benzene rings is 4. The van der Waals surface area contributed by atoms with Gasteiger partial charge in [0, 0.05) is 43.2 Å². The van der Waals surface area contributed by atoms with Gasteiger partial charge in [-0.25, -0.2) is 9.59 Å². The maximum absolute atomic E-state index is 12.9. The lowest BCUT2D eigenvalue weighted by Gasteiger charge is -2.48. The van der Waals surface area contributed by atoms with Gasteiger partial charge in [-0.05, 0) is 104 Å². The standard InChI is InChI=1S/C43H45N5O7.2FH/c49-37-15-12-32(33-13-16-40(51)45-41(33)37)38(50)25-44-24-28-10-14-34-39(23-28)55-43(54)47(34)19-5-4-6-27-9-11-31(29-7-2-1-3-8-29)35(22-27)48(42(52)53)36-26-46-20-17-30(36)18-21-46;;/h1-3,7-16,22-23,30,36,38,44,49-50H,4-6,17-21,24-26H2,(H,45,51)(H,52,53);2*1H/t36-,38-;;/m0../s1. The Labute approximate surface area is 326 Å². The molecule has 6 aromatic rings. The van der Waals surface area contributed by atoms with Gasteiger partial charge in [-0.2, -0.15) is 0 Å². The Morgan fingerprint density at radius 3 is 2.44 bits per heavy atom. The van der Waals surface area contributed by atoms with Crippen molar-refractivity contribution in [3.63, 3.8) is 0 Å². The van der Waals surface area contributed by atoms with Gasteiger partial charge >= 0.3 is 11.8 Å². The van der Waals surface area contributed by atoms with Crippen LogP contribution in [0.25, 0.3) is 33.1 Å². The number of phenols is 1. The highest BCUT2D eigenvalue weighted by Gasteiger charge is 2.41. The van der Waals surface area contributed by atoms with Crippen LogP contribution in [-0.4, -0.2) is 68.1 Å². The number of aliphatic hydroxyl groups excluding tert-OH is 1. The highest BCUT2D eigenvalue weighted by atomic mass is 19.0. The van der Waals surface area contributed by atoms with Crippen molar-refractivity contribution < 1.29 is 33.9 Å². The van der Waals surface area contributed by atoms with Gasteiger partial charge in [0.15, 0.2) is 5.58 Å². The van der Waals surface area contributed by atoms with E-state index >= 15 is 0 Å². The van der Waals surface area contributed by atoms with Gasteiger partial charge in [-0.15, -0.1) is 0 Å². The third-order valence-electron chi connectivity index (χ3n) is 11.3. The number of carbonyl (C=O) groups is 1. The van der Waals surface area contributed by atoms with E-state index in [1.165, 1.54) is 12.1 Å². The van der Waals surface area contributed by atoms with E-state index in [4.69, 9.17) is 4.42 Å². The summed E-state index contributed by atoms with van der Waals surface area (Å²) in [6, 6.07) is 27.7. The number of anilines is 1. The first-order valence-corrected chi connectivity index (χ1v) is 19.0. The van der Waals surface area contributed by atoms with Gasteiger partial charge in [-0.3, -0.25) is 23.7 Å². The van der Waals surface area contributed by atoms with Crippen LogP contribution in [-0.2, 0) is 19.5 Å². The number of nitrogens with zero attached hydrogens (tertiary/aromatic N) is 3. The molecular weight excluding hydrogens is 736 g/mol. The van der Waals surface area contributed by atoms with Crippen molar-refractivity contribution >= 4 is 33.8 Å². The molecule has 3 saturated heterocycles. The average molecular weight is 784 g/mol. The number of halogens is 2. The number of carboxylic acid groups (broad SMARTS) is 1. The first kappa shape index (κ1) is 40.8. The molecule has 0 unspecified atom stereocenters. The summed E-state index contributed by atoms with van der Waals surface area (Å²) in [5.74, 6) is -0.133. The average Bonchev–Trinajstić information content (AvgIpc) is 3.51. The monoisotopic (exact) mass is 783 g/mol. The van der Waals surface area contributed by atoms with Crippen molar-refractivity contribution in [2.24, 2.45) is 5.92 Å². The van der Waals surface area contributed by atoms with Gasteiger partial charge < -0.3 is 34.9 Å². The van der Waals surface area contributed by atoms with Crippen LogP contribution in [0.1, 0.15) is 48.5 Å². The number of oxazole rings is 1. The second-order valence-corrected chi connectivity index (χ2v) is 14.8. The summed E-state index contributed by atoms with van der Waals surface area (Å²) in [5.41, 5.74) is 6.28. The highest BCUT2D eigenvalue weighted by Crippen LogP contribution is 2.39. The Kier molecular flexibility index (Phi) is 12.6. The Morgan fingerprint density at radius 2 is 1.70 bits per heavy atom. The van der Waals surface area contributed by atoms with Gasteiger partial charge in [0.05, 0.1) is 28.9 Å². The fraction of sp³-hybridized carbons (Fsp3) is 0.326. The molecule has 9 rings (SSSR count). The molecule has 2 aromatic heterocycles. The largest absolute Gasteiger partial charge is 0.506 e. The first-order valence-electron chi connectivity index (χ1n) is 19.0. The number of H-pyrrole nitrogens is 1. The topological polar surface area (TPSA) is 164 Å². The number of fused-ring (bicyclic) bond motifs is 5. The van der Waals surface area contributed by atoms with Crippen LogP contribution in [0.2, 0.25) is 0 Å². The zero-order valence-electron chi connectivity index (χ0n) is 31.3. The predicted molar refractivity (Wildman–Crippen MR) is 217 cm³/mol. The number of amides is 1. The van der Waals surface area contributed by atoms with E-state index in [1.54, 1.807) is 21.6 Å². The van der Waals surface area contributed by atoms with E-state index in [1.807, 2.05) is 48.5 Å². The van der Waals surface area contributed by atoms with Crippen molar-refractivity contribution in [2.45, 2.75) is 57.3 Å². The third kappa shape index (κ3) is 8.48. The van der Waals surface area contributed by atoms with Crippen LogP contribution >= 0.6 is 0 Å². The number of aromatic amines is 1. The zero-order valence-corrected chi connectivity index (χ0v) is 31.3. The highest BCUT2D eigenvalue weighted by molar-refractivity contribution is 5.94. The van der Waals surface area contributed by atoms with E-state index in [2.05, 4.69) is 33.4 Å². The Bertz CT molecular complexity index is 2460. The molecule has 3 fully saturated rings. The Hall–Kier alpha value is -5.83. The molecule has 3 aliphatic rings. The lowest BCUT2D eigenvalue weighted by molar-refractivity contribution is 0.0837. The van der Waals surface area contributed by atoms with Crippen LogP contribution in [0.3, 0.4) is 0 Å². The number of hydrogen-bond donors (Lipinski definition) is 5. The van der Waals surface area contributed by atoms with E-state index in [0.29, 0.717) is 41.1 Å². The molecule has 57 heavy (non-hydrogen) atoms. The molecule has 12 nitrogen and oxygen atoms in total. The minimum absolute atomic E-state index is 0. The first-order chi connectivity index (χ1) is 26.7. The summed E-state index contributed by atoms with van der Waals surface area (Å²) in [7, 11) is 0. The Morgan fingerprint density at radius 1 is 0.930 bits per heavy atom. The second kappa shape index (κ2) is 17.5. The van der Waals surface area contributed by atoms with Crippen molar-refractivity contribution in [1.82, 2.24) is 19.8 Å². The molecular formula is C43H47F2N5O7. The number of piperidine rings is 3. The van der Waals surface area contributed by atoms with Crippen LogP contribution in [0, 0.1) is 5.92 Å². The minimum Gasteiger partial charge on any atom is -0.506 e. The number of aromatic nitrogens is 2. The lowest BCUT2D eigenvalue weighted by Crippen LogP contribution is -2.59. The number of pyridine rings is 1. The van der Waals surface area contributed by atoms with E-state index < -0.39 is 18.0 Å². The number of aryl methyl sites for hydroxylation is 2. The molecule has 14 heteroatoms. The fourth-order valence-electron chi connectivity index (χ4n) is 8.49. The number of aromatic hydroxyl groups is 1. The molecule has 1 amide bonds. The molecule has 0 spiro atoms. The summed E-state index contributed by atoms with van der Waals surface area (Å²) in [6.45, 7) is 3.94. The van der Waals surface area contributed by atoms with Crippen LogP contribution < -0.4 is 21.5 Å². The van der Waals surface area contributed by atoms with Crippen LogP contribution in [0.15, 0.2) is 105 Å². The normalized spacial score (nSPS) is 17.9. The molecule has 5 N–H and O–H groups in total. The van der Waals surface area contributed by atoms with Gasteiger partial charge in [0.25, 0.3) is 0 Å². The maximum Gasteiger partial charge on any atom is 0.419 e. The number of aliphatic hydroxyl groups is 1. The number of phenolic OH excluding ortho intramolecular Hbond substituents is 1. The molecule has 2 atom stereocenters. The number of rotatable bonds is 13. The molecule has 0 radical (unpaired) electrons. The smallest absolute Gasteiger partial charge is 0.419 e. The van der Waals surface area contributed by atoms with Crippen LogP contribution in [0.4, 0.5) is 19.9 Å². The summed E-state index contributed by atoms with van der Waals surface area (Å²) < 4.78 is 7.28. The maximum atomic E-state index is 12.9. The zero-order chi connectivity index (χ0) is 38.1. The summed E-state index contributed by atoms with van der Waals surface area (Å²) in [6.07, 6.45) is 2.49. The quantitative estimate of drug-likeness (QED) is 0.0819. The molecule has 5 heterocycles. The van der Waals surface area contributed by atoms with E-state index in [0.717, 1.165) is 79.7 Å². The minimum atomic E-state index is -0.918. The van der Waals surface area contributed by atoms with Crippen LogP contribution in [0.5, 0.6) is 5.75 Å².